The van der Waals surface area contributed by atoms with Crippen LogP contribution in [0.25, 0.3) is 0 Å². The van der Waals surface area contributed by atoms with Crippen molar-refractivity contribution >= 4 is 0 Å². The predicted molar refractivity (Wildman–Crippen MR) is 2.06 cm³/mol. The fourth-order valence-corrected chi connectivity index (χ4v) is 0. The van der Waals surface area contributed by atoms with E-state index < -0.39 is 15.5 Å². The minimum atomic E-state index is -5.94. The SMILES string of the molecule is [O]=[99Tc](=[O])(=[O])[O-]. The fraction of sp³-hybridized carbons (Fsp3) is 0. The average Bonchev–Trinajstić information content (AvgIpc) is 0.722. The Morgan fingerprint density at radius 2 is 1.20 bits per heavy atom. The first-order valence-electron chi connectivity index (χ1n) is 0.617. The maximum absolute atomic E-state index is 8.62. The molecule has 0 amide bonds. The zero-order valence-electron chi connectivity index (χ0n) is 2.01. The van der Waals surface area contributed by atoms with Crippen LogP contribution in [0.3, 0.4) is 0 Å². The zero-order chi connectivity index (χ0) is 4.50. The van der Waals surface area contributed by atoms with Gasteiger partial charge >= 0.3 is 29.9 Å². The normalized spacial score (nSPS) is 11.4. The Kier molecular flexibility index (Phi) is 1.01. The number of hydrogen-bond acceptors (Lipinski definition) is 4. The van der Waals surface area contributed by atoms with Crippen molar-refractivity contribution in [1.29, 1.82) is 0 Å². The van der Waals surface area contributed by atoms with Crippen LogP contribution < -0.4 is 3.86 Å². The first kappa shape index (κ1) is 5.01. The van der Waals surface area contributed by atoms with Crippen LogP contribution in [-0.4, -0.2) is 0 Å². The maximum atomic E-state index is 8.62. The minimum absolute atomic E-state index is 5.94. The molecule has 0 saturated heterocycles. The molecule has 0 aromatic rings. The van der Waals surface area contributed by atoms with Gasteiger partial charge in [0.05, 0.1) is 0 Å². The molecular formula is O4Tc-. The molecule has 4 nitrogen and oxygen atoms in total. The van der Waals surface area contributed by atoms with Crippen molar-refractivity contribution in [2.75, 3.05) is 0 Å². The van der Waals surface area contributed by atoms with Gasteiger partial charge in [-0.3, -0.25) is 0 Å². The van der Waals surface area contributed by atoms with Crippen LogP contribution in [0.5, 0.6) is 0 Å². The van der Waals surface area contributed by atoms with Crippen LogP contribution in [0, 0.1) is 0 Å². The molecule has 0 fully saturated rings. The van der Waals surface area contributed by atoms with E-state index >= 15 is 0 Å². The van der Waals surface area contributed by atoms with Crippen LogP contribution in [0.4, 0.5) is 0 Å². The summed E-state index contributed by atoms with van der Waals surface area (Å²) in [5.41, 5.74) is 0. The van der Waals surface area contributed by atoms with Gasteiger partial charge in [-0.1, -0.05) is 0 Å². The molecule has 0 radical (unpaired) electrons. The van der Waals surface area contributed by atoms with Gasteiger partial charge in [0, 0.05) is 0 Å². The molecule has 0 atom stereocenters. The van der Waals surface area contributed by atoms with Crippen LogP contribution in [0.15, 0.2) is 0 Å². The summed E-state index contributed by atoms with van der Waals surface area (Å²) < 4.78 is 34.5. The quantitative estimate of drug-likeness (QED) is 0.433. The van der Waals surface area contributed by atoms with Crippen molar-refractivity contribution in [2.24, 2.45) is 0 Å². The Morgan fingerprint density at radius 3 is 1.20 bits per heavy atom. The second kappa shape index (κ2) is 1.01. The van der Waals surface area contributed by atoms with Crippen molar-refractivity contribution < 1.29 is 29.9 Å². The van der Waals surface area contributed by atoms with E-state index in [2.05, 4.69) is 0 Å². The Labute approximate surface area is 30.7 Å². The Morgan fingerprint density at radius 1 is 1.20 bits per heavy atom. The van der Waals surface area contributed by atoms with Crippen LogP contribution in [-0.2, 0) is 26.0 Å². The summed E-state index contributed by atoms with van der Waals surface area (Å²) in [5, 5.41) is 0. The summed E-state index contributed by atoms with van der Waals surface area (Å²) in [6, 6.07) is 0. The summed E-state index contributed by atoms with van der Waals surface area (Å²) in [5.74, 6) is 0. The van der Waals surface area contributed by atoms with Crippen molar-refractivity contribution in [1.82, 2.24) is 0 Å². The molecule has 0 spiro atoms. The molecular weight excluding hydrogens is 163 g/mol. The Bertz CT molecular complexity index is 125. The van der Waals surface area contributed by atoms with E-state index in [1.807, 2.05) is 0 Å². The summed E-state index contributed by atoms with van der Waals surface area (Å²) >= 11 is -5.94. The van der Waals surface area contributed by atoms with Crippen molar-refractivity contribution in [2.45, 2.75) is 0 Å². The molecule has 0 aliphatic heterocycles. The molecule has 0 unspecified atom stereocenters. The molecule has 0 N–H and O–H groups in total. The number of hydrogen-bond donors (Lipinski definition) is 0. The van der Waals surface area contributed by atoms with Gasteiger partial charge in [-0.25, -0.2) is 0 Å². The van der Waals surface area contributed by atoms with Gasteiger partial charge in [0.2, 0.25) is 0 Å². The monoisotopic (exact) mass is 163 g/mol. The van der Waals surface area contributed by atoms with Crippen molar-refractivity contribution in [3.63, 3.8) is 0 Å². The average molecular weight is 163 g/mol. The number of rotatable bonds is 0. The van der Waals surface area contributed by atoms with Gasteiger partial charge in [-0.2, -0.15) is 0 Å². The molecule has 5 heteroatoms. The van der Waals surface area contributed by atoms with Gasteiger partial charge in [-0.15, -0.1) is 0 Å². The first-order chi connectivity index (χ1) is 2.00. The predicted octanol–water partition coefficient (Wildman–Crippen LogP) is -1.55. The summed E-state index contributed by atoms with van der Waals surface area (Å²) in [6.45, 7) is 0. The molecule has 0 aliphatic carbocycles. The van der Waals surface area contributed by atoms with E-state index in [0.717, 1.165) is 0 Å². The molecule has 0 aromatic carbocycles. The van der Waals surface area contributed by atoms with E-state index in [4.69, 9.17) is 14.4 Å². The van der Waals surface area contributed by atoms with E-state index in [-0.39, 0.29) is 0 Å². The topological polar surface area (TPSA) is 74.3 Å². The van der Waals surface area contributed by atoms with Gasteiger partial charge in [0.1, 0.15) is 0 Å². The van der Waals surface area contributed by atoms with E-state index in [0.29, 0.717) is 0 Å². The molecule has 5 heavy (non-hydrogen) atoms. The molecule has 32 valence electrons. The summed E-state index contributed by atoms with van der Waals surface area (Å²) in [4.78, 5) is 0. The molecule has 0 rings (SSSR count). The van der Waals surface area contributed by atoms with Gasteiger partial charge in [0.15, 0.2) is 0 Å². The summed E-state index contributed by atoms with van der Waals surface area (Å²) in [6.07, 6.45) is 0. The fourth-order valence-electron chi connectivity index (χ4n) is 0. The van der Waals surface area contributed by atoms with Crippen molar-refractivity contribution in [3.8, 4) is 0 Å². The third-order valence-corrected chi connectivity index (χ3v) is 0. The zero-order valence-corrected chi connectivity index (χ0v) is 3.87. The molecule has 0 heterocycles. The third-order valence-electron chi connectivity index (χ3n) is 0. The van der Waals surface area contributed by atoms with Gasteiger partial charge < -0.3 is 0 Å². The second-order valence-electron chi connectivity index (χ2n) is 0.378. The third kappa shape index (κ3) is 185000. The Balaban J connectivity index is 4.87. The second-order valence-corrected chi connectivity index (χ2v) is 2.24. The Hall–Kier alpha value is 0.00935. The molecule has 0 aromatic heterocycles. The molecule has 0 bridgehead atoms. The van der Waals surface area contributed by atoms with Crippen LogP contribution in [0.2, 0.25) is 0 Å². The van der Waals surface area contributed by atoms with E-state index in [1.165, 1.54) is 0 Å². The summed E-state index contributed by atoms with van der Waals surface area (Å²) in [7, 11) is 0. The van der Waals surface area contributed by atoms with E-state index in [1.54, 1.807) is 0 Å². The van der Waals surface area contributed by atoms with Crippen LogP contribution >= 0.6 is 0 Å². The van der Waals surface area contributed by atoms with Crippen molar-refractivity contribution in [3.05, 3.63) is 0 Å². The molecule has 0 aliphatic rings. The molecule has 0 saturated carbocycles. The first-order valence-corrected chi connectivity index (χ1v) is 3.65. The van der Waals surface area contributed by atoms with Gasteiger partial charge in [0.25, 0.3) is 0 Å². The standard InChI is InChI=1S/4O.Tc/q;;;-1;/i;;;;1+1. The van der Waals surface area contributed by atoms with Gasteiger partial charge in [-0.05, 0) is 0 Å². The van der Waals surface area contributed by atoms with E-state index in [9.17, 15) is 0 Å². The van der Waals surface area contributed by atoms with Crippen LogP contribution in [0.1, 0.15) is 0 Å².